The standard InChI is InChI=1S/C14H18N2O4/c1-9-13(14(18)16-8-7-15-10(2)17)20-12-6-4-3-5-11(12)19-9/h3-6,9,13H,7-8H2,1-2H3,(H,15,17)(H,16,18)/t9-,13+/m0/s1. The number of hydrogen-bond donors (Lipinski definition) is 2. The largest absolute Gasteiger partial charge is 0.482 e. The Balaban J connectivity index is 1.89. The highest BCUT2D eigenvalue weighted by Crippen LogP contribution is 2.33. The molecule has 0 bridgehead atoms. The summed E-state index contributed by atoms with van der Waals surface area (Å²) in [7, 11) is 0. The number of amides is 2. The Kier molecular flexibility index (Phi) is 4.45. The van der Waals surface area contributed by atoms with E-state index in [-0.39, 0.29) is 17.9 Å². The topological polar surface area (TPSA) is 76.7 Å². The van der Waals surface area contributed by atoms with Gasteiger partial charge in [0, 0.05) is 20.0 Å². The summed E-state index contributed by atoms with van der Waals surface area (Å²) in [5.74, 6) is 0.825. The van der Waals surface area contributed by atoms with Crippen molar-refractivity contribution in [2.45, 2.75) is 26.1 Å². The van der Waals surface area contributed by atoms with Gasteiger partial charge in [0.05, 0.1) is 0 Å². The van der Waals surface area contributed by atoms with Crippen LogP contribution in [0, 0.1) is 0 Å². The molecule has 2 amide bonds. The number of benzene rings is 1. The van der Waals surface area contributed by atoms with Gasteiger partial charge in [0.25, 0.3) is 5.91 Å². The van der Waals surface area contributed by atoms with Crippen LogP contribution in [0.2, 0.25) is 0 Å². The Morgan fingerprint density at radius 3 is 2.35 bits per heavy atom. The third-order valence-corrected chi connectivity index (χ3v) is 2.90. The van der Waals surface area contributed by atoms with Crippen molar-refractivity contribution in [3.05, 3.63) is 24.3 Å². The molecule has 6 nitrogen and oxygen atoms in total. The first kappa shape index (κ1) is 14.2. The molecular formula is C14H18N2O4. The molecule has 1 aromatic rings. The number of hydrogen-bond acceptors (Lipinski definition) is 4. The van der Waals surface area contributed by atoms with E-state index in [9.17, 15) is 9.59 Å². The van der Waals surface area contributed by atoms with Crippen molar-refractivity contribution in [1.29, 1.82) is 0 Å². The van der Waals surface area contributed by atoms with E-state index >= 15 is 0 Å². The SMILES string of the molecule is CC(=O)NCCNC(=O)[C@@H]1Oc2ccccc2O[C@H]1C. The molecule has 2 rings (SSSR count). The van der Waals surface area contributed by atoms with Crippen LogP contribution in [-0.2, 0) is 9.59 Å². The van der Waals surface area contributed by atoms with E-state index in [0.29, 0.717) is 24.6 Å². The summed E-state index contributed by atoms with van der Waals surface area (Å²) in [5.41, 5.74) is 0. The molecule has 1 aliphatic rings. The van der Waals surface area contributed by atoms with Crippen molar-refractivity contribution in [2.75, 3.05) is 13.1 Å². The van der Waals surface area contributed by atoms with Crippen molar-refractivity contribution in [3.63, 3.8) is 0 Å². The molecule has 1 aliphatic heterocycles. The molecule has 108 valence electrons. The zero-order valence-electron chi connectivity index (χ0n) is 11.5. The molecule has 20 heavy (non-hydrogen) atoms. The number of carbonyl (C=O) groups excluding carboxylic acids is 2. The predicted octanol–water partition coefficient (Wildman–Crippen LogP) is 0.467. The van der Waals surface area contributed by atoms with Crippen LogP contribution in [-0.4, -0.2) is 37.1 Å². The van der Waals surface area contributed by atoms with E-state index in [1.807, 2.05) is 12.1 Å². The fourth-order valence-electron chi connectivity index (χ4n) is 1.93. The Bertz CT molecular complexity index is 504. The van der Waals surface area contributed by atoms with Gasteiger partial charge in [-0.05, 0) is 19.1 Å². The van der Waals surface area contributed by atoms with Gasteiger partial charge >= 0.3 is 0 Å². The van der Waals surface area contributed by atoms with Gasteiger partial charge in [0.15, 0.2) is 11.5 Å². The highest BCUT2D eigenvalue weighted by atomic mass is 16.6. The van der Waals surface area contributed by atoms with Crippen molar-refractivity contribution in [1.82, 2.24) is 10.6 Å². The summed E-state index contributed by atoms with van der Waals surface area (Å²) in [6.45, 7) is 3.96. The Morgan fingerprint density at radius 2 is 1.70 bits per heavy atom. The van der Waals surface area contributed by atoms with Gasteiger partial charge in [0.2, 0.25) is 12.0 Å². The molecule has 0 radical (unpaired) electrons. The molecule has 0 unspecified atom stereocenters. The van der Waals surface area contributed by atoms with E-state index < -0.39 is 6.10 Å². The van der Waals surface area contributed by atoms with E-state index in [4.69, 9.17) is 9.47 Å². The summed E-state index contributed by atoms with van der Waals surface area (Å²) in [4.78, 5) is 22.7. The van der Waals surface area contributed by atoms with Gasteiger partial charge < -0.3 is 20.1 Å². The molecule has 1 heterocycles. The van der Waals surface area contributed by atoms with Gasteiger partial charge in [-0.2, -0.15) is 0 Å². The Morgan fingerprint density at radius 1 is 1.10 bits per heavy atom. The van der Waals surface area contributed by atoms with Crippen LogP contribution in [0.4, 0.5) is 0 Å². The molecule has 1 aromatic carbocycles. The summed E-state index contributed by atoms with van der Waals surface area (Å²) < 4.78 is 11.3. The van der Waals surface area contributed by atoms with Crippen LogP contribution >= 0.6 is 0 Å². The average Bonchev–Trinajstić information content (AvgIpc) is 2.42. The second kappa shape index (κ2) is 6.27. The van der Waals surface area contributed by atoms with E-state index in [2.05, 4.69) is 10.6 Å². The van der Waals surface area contributed by atoms with Gasteiger partial charge in [-0.1, -0.05) is 12.1 Å². The van der Waals surface area contributed by atoms with Crippen molar-refractivity contribution in [3.8, 4) is 11.5 Å². The quantitative estimate of drug-likeness (QED) is 0.785. The van der Waals surface area contributed by atoms with Gasteiger partial charge in [-0.25, -0.2) is 0 Å². The molecule has 0 spiro atoms. The van der Waals surface area contributed by atoms with Crippen LogP contribution in [0.25, 0.3) is 0 Å². The van der Waals surface area contributed by atoms with E-state index in [1.165, 1.54) is 6.92 Å². The smallest absolute Gasteiger partial charge is 0.265 e. The third kappa shape index (κ3) is 3.40. The minimum Gasteiger partial charge on any atom is -0.482 e. The highest BCUT2D eigenvalue weighted by Gasteiger charge is 2.33. The number of rotatable bonds is 4. The maximum atomic E-state index is 12.0. The predicted molar refractivity (Wildman–Crippen MR) is 72.6 cm³/mol. The lowest BCUT2D eigenvalue weighted by Crippen LogP contribution is -2.50. The molecule has 0 aromatic heterocycles. The number of para-hydroxylation sites is 2. The summed E-state index contributed by atoms with van der Waals surface area (Å²) in [6.07, 6.45) is -1.06. The van der Waals surface area contributed by atoms with Crippen LogP contribution in [0.15, 0.2) is 24.3 Å². The van der Waals surface area contributed by atoms with Crippen LogP contribution < -0.4 is 20.1 Å². The minimum absolute atomic E-state index is 0.126. The number of fused-ring (bicyclic) bond motifs is 1. The molecule has 2 N–H and O–H groups in total. The first-order chi connectivity index (χ1) is 9.58. The molecular weight excluding hydrogens is 260 g/mol. The lowest BCUT2D eigenvalue weighted by molar-refractivity contribution is -0.133. The molecule has 0 fully saturated rings. The fourth-order valence-corrected chi connectivity index (χ4v) is 1.93. The molecule has 0 aliphatic carbocycles. The van der Waals surface area contributed by atoms with Gasteiger partial charge in [-0.15, -0.1) is 0 Å². The first-order valence-electron chi connectivity index (χ1n) is 6.52. The molecule has 2 atom stereocenters. The zero-order chi connectivity index (χ0) is 14.5. The average molecular weight is 278 g/mol. The van der Waals surface area contributed by atoms with E-state index in [1.54, 1.807) is 19.1 Å². The number of carbonyl (C=O) groups is 2. The van der Waals surface area contributed by atoms with Crippen LogP contribution in [0.3, 0.4) is 0 Å². The van der Waals surface area contributed by atoms with Gasteiger partial charge in [-0.3, -0.25) is 9.59 Å². The lowest BCUT2D eigenvalue weighted by Gasteiger charge is -2.31. The second-order valence-corrected chi connectivity index (χ2v) is 4.58. The minimum atomic E-state index is -0.692. The number of nitrogens with one attached hydrogen (secondary N) is 2. The normalized spacial score (nSPS) is 20.1. The van der Waals surface area contributed by atoms with E-state index in [0.717, 1.165) is 0 Å². The Labute approximate surface area is 117 Å². The zero-order valence-corrected chi connectivity index (χ0v) is 11.5. The Hall–Kier alpha value is -2.24. The molecule has 0 saturated carbocycles. The summed E-state index contributed by atoms with van der Waals surface area (Å²) in [5, 5.41) is 5.32. The third-order valence-electron chi connectivity index (χ3n) is 2.90. The van der Waals surface area contributed by atoms with Crippen molar-refractivity contribution >= 4 is 11.8 Å². The second-order valence-electron chi connectivity index (χ2n) is 4.58. The van der Waals surface area contributed by atoms with Crippen LogP contribution in [0.1, 0.15) is 13.8 Å². The number of ether oxygens (including phenoxy) is 2. The maximum Gasteiger partial charge on any atom is 0.265 e. The molecule has 0 saturated heterocycles. The highest BCUT2D eigenvalue weighted by molar-refractivity contribution is 5.82. The first-order valence-corrected chi connectivity index (χ1v) is 6.52. The van der Waals surface area contributed by atoms with Crippen molar-refractivity contribution in [2.24, 2.45) is 0 Å². The monoisotopic (exact) mass is 278 g/mol. The van der Waals surface area contributed by atoms with Gasteiger partial charge in [0.1, 0.15) is 6.10 Å². The van der Waals surface area contributed by atoms with Crippen LogP contribution in [0.5, 0.6) is 11.5 Å². The van der Waals surface area contributed by atoms with Crippen molar-refractivity contribution < 1.29 is 19.1 Å². The fraction of sp³-hybridized carbons (Fsp3) is 0.429. The summed E-state index contributed by atoms with van der Waals surface area (Å²) in [6, 6.07) is 7.24. The lowest BCUT2D eigenvalue weighted by atomic mass is 10.1. The molecule has 6 heteroatoms. The maximum absolute atomic E-state index is 12.0. The summed E-state index contributed by atoms with van der Waals surface area (Å²) >= 11 is 0.